The van der Waals surface area contributed by atoms with Gasteiger partial charge in [-0.3, -0.25) is 0 Å². The Bertz CT molecular complexity index is 948. The standard InChI is InChI=1S/C26H26/c1-3-19(2)9-6-10-20-11-7-13-21(17-20)24-15-8-16-25-23-14-5-4-12-22(23)18-26(24)25/h3-7,9,11-14,16-17H,8,10,15,18H2,1-2H3/b9-6-,19-3-. The summed E-state index contributed by atoms with van der Waals surface area (Å²) in [6, 6.07) is 18.0. The Balaban J connectivity index is 1.65. The van der Waals surface area contributed by atoms with Gasteiger partial charge in [-0.05, 0) is 78.5 Å². The fourth-order valence-electron chi connectivity index (χ4n) is 4.08. The zero-order valence-electron chi connectivity index (χ0n) is 15.8. The molecule has 0 aromatic heterocycles. The summed E-state index contributed by atoms with van der Waals surface area (Å²) in [5, 5.41) is 0. The Morgan fingerprint density at radius 2 is 1.92 bits per heavy atom. The van der Waals surface area contributed by atoms with Gasteiger partial charge in [-0.25, -0.2) is 0 Å². The summed E-state index contributed by atoms with van der Waals surface area (Å²) in [4.78, 5) is 0. The monoisotopic (exact) mass is 338 g/mol. The van der Waals surface area contributed by atoms with Gasteiger partial charge < -0.3 is 0 Å². The minimum atomic E-state index is 0.991. The van der Waals surface area contributed by atoms with Gasteiger partial charge in [-0.15, -0.1) is 0 Å². The highest BCUT2D eigenvalue weighted by Crippen LogP contribution is 2.45. The first kappa shape index (κ1) is 16.8. The molecular formula is C26H26. The van der Waals surface area contributed by atoms with E-state index in [1.165, 1.54) is 33.4 Å². The van der Waals surface area contributed by atoms with Crippen LogP contribution in [0.5, 0.6) is 0 Å². The van der Waals surface area contributed by atoms with E-state index in [0.717, 1.165) is 25.7 Å². The molecule has 26 heavy (non-hydrogen) atoms. The summed E-state index contributed by atoms with van der Waals surface area (Å²) in [6.45, 7) is 4.23. The van der Waals surface area contributed by atoms with E-state index in [1.807, 2.05) is 0 Å². The Labute approximate surface area is 157 Å². The minimum Gasteiger partial charge on any atom is -0.0847 e. The average molecular weight is 338 g/mol. The van der Waals surface area contributed by atoms with Crippen molar-refractivity contribution in [2.75, 3.05) is 0 Å². The molecule has 2 aliphatic rings. The fourth-order valence-corrected chi connectivity index (χ4v) is 4.08. The maximum atomic E-state index is 2.44. The molecule has 0 heterocycles. The molecule has 2 aliphatic carbocycles. The second-order valence-electron chi connectivity index (χ2n) is 7.29. The SMILES string of the molecule is C/C=C(C)\C=C/Cc1cccc(C2=C3Cc4ccccc4C3=CCC2)c1. The van der Waals surface area contributed by atoms with Crippen molar-refractivity contribution in [3.05, 3.63) is 106 Å². The summed E-state index contributed by atoms with van der Waals surface area (Å²) < 4.78 is 0. The van der Waals surface area contributed by atoms with Crippen molar-refractivity contribution in [1.82, 2.24) is 0 Å². The van der Waals surface area contributed by atoms with Crippen LogP contribution in [-0.2, 0) is 12.8 Å². The van der Waals surface area contributed by atoms with E-state index < -0.39 is 0 Å². The van der Waals surface area contributed by atoms with Crippen molar-refractivity contribution in [2.45, 2.75) is 39.5 Å². The summed E-state index contributed by atoms with van der Waals surface area (Å²) >= 11 is 0. The molecule has 0 heteroatoms. The summed E-state index contributed by atoms with van der Waals surface area (Å²) in [6.07, 6.45) is 13.4. The smallest absolute Gasteiger partial charge is 0.00106 e. The van der Waals surface area contributed by atoms with Gasteiger partial charge in [0.2, 0.25) is 0 Å². The molecule has 0 spiro atoms. The molecule has 0 radical (unpaired) electrons. The predicted molar refractivity (Wildman–Crippen MR) is 113 cm³/mol. The van der Waals surface area contributed by atoms with Crippen molar-refractivity contribution >= 4 is 11.1 Å². The molecule has 2 aromatic carbocycles. The molecule has 0 fully saturated rings. The highest BCUT2D eigenvalue weighted by molar-refractivity contribution is 5.95. The van der Waals surface area contributed by atoms with E-state index in [4.69, 9.17) is 0 Å². The van der Waals surface area contributed by atoms with Gasteiger partial charge in [0.15, 0.2) is 0 Å². The maximum Gasteiger partial charge on any atom is -0.00106 e. The van der Waals surface area contributed by atoms with Gasteiger partial charge in [-0.1, -0.05) is 78.4 Å². The lowest BCUT2D eigenvalue weighted by Crippen LogP contribution is -1.98. The number of fused-ring (bicyclic) bond motifs is 3. The van der Waals surface area contributed by atoms with Crippen LogP contribution >= 0.6 is 0 Å². The van der Waals surface area contributed by atoms with E-state index >= 15 is 0 Å². The molecule has 0 unspecified atom stereocenters. The van der Waals surface area contributed by atoms with Gasteiger partial charge in [0.05, 0.1) is 0 Å². The molecule has 2 aromatic rings. The van der Waals surface area contributed by atoms with E-state index in [0.29, 0.717) is 0 Å². The lowest BCUT2D eigenvalue weighted by atomic mass is 9.86. The zero-order valence-corrected chi connectivity index (χ0v) is 15.8. The largest absolute Gasteiger partial charge is 0.0847 e. The molecule has 0 atom stereocenters. The minimum absolute atomic E-state index is 0.991. The molecule has 0 saturated heterocycles. The molecule has 0 nitrogen and oxygen atoms in total. The van der Waals surface area contributed by atoms with E-state index in [-0.39, 0.29) is 0 Å². The van der Waals surface area contributed by atoms with Crippen LogP contribution < -0.4 is 0 Å². The molecule has 4 rings (SSSR count). The highest BCUT2D eigenvalue weighted by Gasteiger charge is 2.26. The van der Waals surface area contributed by atoms with Gasteiger partial charge in [0.25, 0.3) is 0 Å². The predicted octanol–water partition coefficient (Wildman–Crippen LogP) is 6.94. The first-order valence-corrected chi connectivity index (χ1v) is 9.66. The third-order valence-electron chi connectivity index (χ3n) is 5.57. The zero-order chi connectivity index (χ0) is 17.9. The van der Waals surface area contributed by atoms with Gasteiger partial charge in [-0.2, -0.15) is 0 Å². The molecule has 0 amide bonds. The lowest BCUT2D eigenvalue weighted by Gasteiger charge is -2.18. The molecule has 0 saturated carbocycles. The normalized spacial score (nSPS) is 16.7. The van der Waals surface area contributed by atoms with Crippen molar-refractivity contribution < 1.29 is 0 Å². The van der Waals surface area contributed by atoms with Gasteiger partial charge in [0.1, 0.15) is 0 Å². The van der Waals surface area contributed by atoms with Crippen molar-refractivity contribution in [1.29, 1.82) is 0 Å². The fraction of sp³-hybridized carbons (Fsp3) is 0.231. The number of hydrogen-bond donors (Lipinski definition) is 0. The average Bonchev–Trinajstić information content (AvgIpc) is 3.07. The number of rotatable bonds is 4. The van der Waals surface area contributed by atoms with E-state index in [9.17, 15) is 0 Å². The Morgan fingerprint density at radius 3 is 2.81 bits per heavy atom. The van der Waals surface area contributed by atoms with Crippen LogP contribution in [0.4, 0.5) is 0 Å². The lowest BCUT2D eigenvalue weighted by molar-refractivity contribution is 1.03. The first-order chi connectivity index (χ1) is 12.8. The first-order valence-electron chi connectivity index (χ1n) is 9.66. The third kappa shape index (κ3) is 3.24. The van der Waals surface area contributed by atoms with Crippen LogP contribution in [0, 0.1) is 0 Å². The van der Waals surface area contributed by atoms with E-state index in [2.05, 4.69) is 86.7 Å². The Hall–Kier alpha value is -2.60. The highest BCUT2D eigenvalue weighted by atomic mass is 14.3. The van der Waals surface area contributed by atoms with Crippen molar-refractivity contribution in [2.24, 2.45) is 0 Å². The summed E-state index contributed by atoms with van der Waals surface area (Å²) in [5.41, 5.74) is 11.6. The molecule has 0 bridgehead atoms. The summed E-state index contributed by atoms with van der Waals surface area (Å²) in [7, 11) is 0. The second kappa shape index (κ2) is 7.33. The van der Waals surface area contributed by atoms with E-state index in [1.54, 1.807) is 11.1 Å². The topological polar surface area (TPSA) is 0 Å². The quantitative estimate of drug-likeness (QED) is 0.530. The Morgan fingerprint density at radius 1 is 1.04 bits per heavy atom. The van der Waals surface area contributed by atoms with Crippen LogP contribution in [0.25, 0.3) is 11.1 Å². The maximum absolute atomic E-state index is 2.44. The molecule has 130 valence electrons. The number of benzene rings is 2. The Kier molecular flexibility index (Phi) is 4.75. The van der Waals surface area contributed by atoms with Crippen LogP contribution in [-0.4, -0.2) is 0 Å². The van der Waals surface area contributed by atoms with Crippen LogP contribution in [0.3, 0.4) is 0 Å². The van der Waals surface area contributed by atoms with Crippen LogP contribution in [0.15, 0.2) is 84.0 Å². The van der Waals surface area contributed by atoms with Crippen molar-refractivity contribution in [3.63, 3.8) is 0 Å². The van der Waals surface area contributed by atoms with Gasteiger partial charge in [0, 0.05) is 0 Å². The molecule has 0 N–H and O–H groups in total. The number of allylic oxidation sites excluding steroid dienone is 8. The van der Waals surface area contributed by atoms with Crippen LogP contribution in [0.2, 0.25) is 0 Å². The molecular weight excluding hydrogens is 312 g/mol. The summed E-state index contributed by atoms with van der Waals surface area (Å²) in [5.74, 6) is 0. The number of hydrogen-bond acceptors (Lipinski definition) is 0. The van der Waals surface area contributed by atoms with Gasteiger partial charge >= 0.3 is 0 Å². The van der Waals surface area contributed by atoms with Crippen molar-refractivity contribution in [3.8, 4) is 0 Å². The third-order valence-corrected chi connectivity index (χ3v) is 5.57. The molecule has 0 aliphatic heterocycles. The van der Waals surface area contributed by atoms with Crippen LogP contribution in [0.1, 0.15) is 48.9 Å². The second-order valence-corrected chi connectivity index (χ2v) is 7.29.